The van der Waals surface area contributed by atoms with Crippen LogP contribution in [-0.2, 0) is 14.4 Å². The number of para-hydroxylation sites is 2. The first-order valence-corrected chi connectivity index (χ1v) is 10.2. The van der Waals surface area contributed by atoms with Crippen molar-refractivity contribution in [3.8, 4) is 5.75 Å². The van der Waals surface area contributed by atoms with Gasteiger partial charge in [-0.1, -0.05) is 18.2 Å². The van der Waals surface area contributed by atoms with Gasteiger partial charge in [0.15, 0.2) is 6.61 Å². The van der Waals surface area contributed by atoms with Crippen molar-refractivity contribution in [1.82, 2.24) is 9.78 Å². The van der Waals surface area contributed by atoms with E-state index in [2.05, 4.69) is 15.7 Å². The predicted octanol–water partition coefficient (Wildman–Crippen LogP) is 2.84. The second-order valence-electron chi connectivity index (χ2n) is 7.33. The number of carbonyl (C=O) groups is 3. The number of aromatic nitrogens is 2. The number of amides is 3. The van der Waals surface area contributed by atoms with E-state index in [4.69, 9.17) is 4.74 Å². The Morgan fingerprint density at radius 1 is 1.09 bits per heavy atom. The molecule has 1 atom stereocenters. The second kappa shape index (κ2) is 9.34. The minimum absolute atomic E-state index is 0.0443. The molecule has 9 heteroatoms. The summed E-state index contributed by atoms with van der Waals surface area (Å²) < 4.78 is 6.98. The van der Waals surface area contributed by atoms with Gasteiger partial charge in [0.1, 0.15) is 11.8 Å². The maximum absolute atomic E-state index is 12.5. The minimum Gasteiger partial charge on any atom is -0.482 e. The summed E-state index contributed by atoms with van der Waals surface area (Å²) in [5, 5.41) is 9.72. The van der Waals surface area contributed by atoms with E-state index >= 15 is 0 Å². The van der Waals surface area contributed by atoms with Gasteiger partial charge in [-0.25, -0.2) is 0 Å². The van der Waals surface area contributed by atoms with Crippen LogP contribution in [0.25, 0.3) is 0 Å². The molecule has 2 N–H and O–H groups in total. The summed E-state index contributed by atoms with van der Waals surface area (Å²) in [4.78, 5) is 38.7. The predicted molar refractivity (Wildman–Crippen MR) is 120 cm³/mol. The molecule has 0 saturated heterocycles. The highest BCUT2D eigenvalue weighted by molar-refractivity contribution is 5.99. The number of carbonyl (C=O) groups excluding carboxylic acids is 3. The first-order chi connectivity index (χ1) is 15.5. The molecule has 0 bridgehead atoms. The molecule has 1 unspecified atom stereocenters. The molecule has 0 aliphatic carbocycles. The van der Waals surface area contributed by atoms with E-state index in [1.165, 1.54) is 0 Å². The summed E-state index contributed by atoms with van der Waals surface area (Å²) in [7, 11) is 0. The first-order valence-electron chi connectivity index (χ1n) is 10.2. The molecule has 3 aromatic rings. The van der Waals surface area contributed by atoms with E-state index in [1.807, 2.05) is 12.1 Å². The molecule has 0 spiro atoms. The van der Waals surface area contributed by atoms with Gasteiger partial charge in [-0.15, -0.1) is 0 Å². The Morgan fingerprint density at radius 2 is 1.88 bits per heavy atom. The Kier molecular flexibility index (Phi) is 6.16. The SMILES string of the molecule is CC(C(=O)Nc1cccc(NC(=O)CCN2C(=O)COc3ccccc32)c1)n1cccn1. The number of anilines is 3. The highest BCUT2D eigenvalue weighted by Crippen LogP contribution is 2.31. The van der Waals surface area contributed by atoms with Crippen LogP contribution in [0.3, 0.4) is 0 Å². The normalized spacial score (nSPS) is 13.7. The quantitative estimate of drug-likeness (QED) is 0.596. The number of nitrogens with one attached hydrogen (secondary N) is 2. The Hall–Kier alpha value is -4.14. The number of nitrogens with zero attached hydrogens (tertiary/aromatic N) is 3. The third kappa shape index (κ3) is 4.77. The van der Waals surface area contributed by atoms with Crippen LogP contribution >= 0.6 is 0 Å². The van der Waals surface area contributed by atoms with Crippen LogP contribution < -0.4 is 20.3 Å². The fourth-order valence-corrected chi connectivity index (χ4v) is 3.39. The van der Waals surface area contributed by atoms with Crippen molar-refractivity contribution in [1.29, 1.82) is 0 Å². The number of ether oxygens (including phenoxy) is 1. The Labute approximate surface area is 185 Å². The standard InChI is InChI=1S/C23H23N5O4/c1-16(28-12-5-11-24-28)23(31)26-18-7-4-6-17(14-18)25-21(29)10-13-27-19-8-2-3-9-20(19)32-15-22(27)30/h2-9,11-12,14,16H,10,13,15H2,1H3,(H,25,29)(H,26,31). The summed E-state index contributed by atoms with van der Waals surface area (Å²) in [6.45, 7) is 1.94. The van der Waals surface area contributed by atoms with Crippen molar-refractivity contribution in [2.24, 2.45) is 0 Å². The Bertz CT molecular complexity index is 1130. The average Bonchev–Trinajstić information content (AvgIpc) is 3.33. The van der Waals surface area contributed by atoms with Crippen LogP contribution in [0.1, 0.15) is 19.4 Å². The number of rotatable bonds is 7. The van der Waals surface area contributed by atoms with E-state index in [9.17, 15) is 14.4 Å². The van der Waals surface area contributed by atoms with Gasteiger partial charge in [-0.3, -0.25) is 19.1 Å². The van der Waals surface area contributed by atoms with Gasteiger partial charge < -0.3 is 20.3 Å². The topological polar surface area (TPSA) is 106 Å². The van der Waals surface area contributed by atoms with Crippen molar-refractivity contribution >= 4 is 34.8 Å². The Balaban J connectivity index is 1.34. The first kappa shape index (κ1) is 21.1. The van der Waals surface area contributed by atoms with Crippen LogP contribution in [-0.4, -0.2) is 40.7 Å². The third-order valence-electron chi connectivity index (χ3n) is 5.09. The van der Waals surface area contributed by atoms with Gasteiger partial charge in [0.05, 0.1) is 5.69 Å². The van der Waals surface area contributed by atoms with Crippen LogP contribution in [0, 0.1) is 0 Å². The van der Waals surface area contributed by atoms with Gasteiger partial charge in [0.2, 0.25) is 11.8 Å². The van der Waals surface area contributed by atoms with Gasteiger partial charge in [-0.05, 0) is 43.3 Å². The lowest BCUT2D eigenvalue weighted by Crippen LogP contribution is -2.40. The second-order valence-corrected chi connectivity index (χ2v) is 7.33. The molecule has 4 rings (SSSR count). The van der Waals surface area contributed by atoms with Gasteiger partial charge in [0.25, 0.3) is 5.91 Å². The summed E-state index contributed by atoms with van der Waals surface area (Å²) in [5.41, 5.74) is 1.77. The molecule has 1 aliphatic heterocycles. The highest BCUT2D eigenvalue weighted by atomic mass is 16.5. The summed E-state index contributed by atoms with van der Waals surface area (Å²) >= 11 is 0. The van der Waals surface area contributed by atoms with Gasteiger partial charge >= 0.3 is 0 Å². The zero-order valence-corrected chi connectivity index (χ0v) is 17.5. The molecular formula is C23H23N5O4. The summed E-state index contributed by atoms with van der Waals surface area (Å²) in [6, 6.07) is 15.4. The van der Waals surface area contributed by atoms with Crippen molar-refractivity contribution in [2.75, 3.05) is 28.7 Å². The fourth-order valence-electron chi connectivity index (χ4n) is 3.39. The maximum atomic E-state index is 12.5. The zero-order valence-electron chi connectivity index (χ0n) is 17.5. The molecule has 1 aromatic heterocycles. The van der Waals surface area contributed by atoms with E-state index in [0.717, 1.165) is 0 Å². The van der Waals surface area contributed by atoms with Crippen molar-refractivity contribution in [2.45, 2.75) is 19.4 Å². The summed E-state index contributed by atoms with van der Waals surface area (Å²) in [6.07, 6.45) is 3.45. The molecule has 9 nitrogen and oxygen atoms in total. The minimum atomic E-state index is -0.475. The van der Waals surface area contributed by atoms with Crippen LogP contribution in [0.5, 0.6) is 5.75 Å². The molecule has 2 aromatic carbocycles. The van der Waals surface area contributed by atoms with Crippen molar-refractivity contribution in [3.63, 3.8) is 0 Å². The van der Waals surface area contributed by atoms with E-state index in [-0.39, 0.29) is 37.3 Å². The number of hydrogen-bond donors (Lipinski definition) is 2. The van der Waals surface area contributed by atoms with E-state index < -0.39 is 6.04 Å². The molecule has 0 fully saturated rings. The lowest BCUT2D eigenvalue weighted by atomic mass is 10.2. The largest absolute Gasteiger partial charge is 0.482 e. The van der Waals surface area contributed by atoms with Crippen molar-refractivity contribution < 1.29 is 19.1 Å². The monoisotopic (exact) mass is 433 g/mol. The maximum Gasteiger partial charge on any atom is 0.265 e. The molecule has 32 heavy (non-hydrogen) atoms. The third-order valence-corrected chi connectivity index (χ3v) is 5.09. The van der Waals surface area contributed by atoms with Crippen molar-refractivity contribution in [3.05, 3.63) is 67.0 Å². The summed E-state index contributed by atoms with van der Waals surface area (Å²) in [5.74, 6) is -0.0235. The molecule has 0 radical (unpaired) electrons. The van der Waals surface area contributed by atoms with E-state index in [1.54, 1.807) is 71.4 Å². The van der Waals surface area contributed by atoms with E-state index in [0.29, 0.717) is 22.8 Å². The molecule has 2 heterocycles. The average molecular weight is 433 g/mol. The highest BCUT2D eigenvalue weighted by Gasteiger charge is 2.25. The van der Waals surface area contributed by atoms with Crippen LogP contribution in [0.2, 0.25) is 0 Å². The zero-order chi connectivity index (χ0) is 22.5. The van der Waals surface area contributed by atoms with Gasteiger partial charge in [0, 0.05) is 36.7 Å². The van der Waals surface area contributed by atoms with Crippen LogP contribution in [0.15, 0.2) is 67.0 Å². The lowest BCUT2D eigenvalue weighted by Gasteiger charge is -2.29. The molecule has 1 aliphatic rings. The molecule has 164 valence electrons. The lowest BCUT2D eigenvalue weighted by molar-refractivity contribution is -0.121. The fraction of sp³-hybridized carbons (Fsp3) is 0.217. The number of fused-ring (bicyclic) bond motifs is 1. The Morgan fingerprint density at radius 3 is 2.66 bits per heavy atom. The molecule has 3 amide bonds. The number of hydrogen-bond acceptors (Lipinski definition) is 5. The smallest absolute Gasteiger partial charge is 0.265 e. The van der Waals surface area contributed by atoms with Crippen LogP contribution in [0.4, 0.5) is 17.1 Å². The molecule has 0 saturated carbocycles. The van der Waals surface area contributed by atoms with Gasteiger partial charge in [-0.2, -0.15) is 5.10 Å². The number of benzene rings is 2. The molecular weight excluding hydrogens is 410 g/mol.